The van der Waals surface area contributed by atoms with Crippen molar-refractivity contribution in [3.63, 3.8) is 0 Å². The molecule has 0 bridgehead atoms. The van der Waals surface area contributed by atoms with Crippen LogP contribution in [-0.2, 0) is 0 Å². The first-order chi connectivity index (χ1) is 7.16. The number of hydrogen-bond donors (Lipinski definition) is 0. The molecule has 0 radical (unpaired) electrons. The highest BCUT2D eigenvalue weighted by molar-refractivity contribution is 9.10. The Kier molecular flexibility index (Phi) is 2.81. The molecule has 15 heavy (non-hydrogen) atoms. The summed E-state index contributed by atoms with van der Waals surface area (Å²) in [4.78, 5) is 0. The van der Waals surface area contributed by atoms with Crippen LogP contribution in [-0.4, -0.2) is 9.78 Å². The zero-order valence-corrected chi connectivity index (χ0v) is 9.16. The highest BCUT2D eigenvalue weighted by Crippen LogP contribution is 2.20. The number of alkyl halides is 2. The second kappa shape index (κ2) is 4.10. The topological polar surface area (TPSA) is 17.8 Å². The number of benzene rings is 1. The van der Waals surface area contributed by atoms with Crippen molar-refractivity contribution >= 4 is 15.9 Å². The highest BCUT2D eigenvalue weighted by atomic mass is 79.9. The van der Waals surface area contributed by atoms with Gasteiger partial charge in [-0.25, -0.2) is 13.5 Å². The average molecular weight is 273 g/mol. The van der Waals surface area contributed by atoms with E-state index in [2.05, 4.69) is 21.0 Å². The number of halogens is 3. The molecule has 0 N–H and O–H groups in total. The Labute approximate surface area is 93.7 Å². The van der Waals surface area contributed by atoms with Crippen LogP contribution in [0.2, 0.25) is 0 Å². The molecule has 2 aromatic rings. The van der Waals surface area contributed by atoms with Crippen LogP contribution < -0.4 is 0 Å². The SMILES string of the molecule is FC(F)c1ccc(-n2cc(Br)cn2)cc1. The minimum atomic E-state index is -2.43. The summed E-state index contributed by atoms with van der Waals surface area (Å²) in [6, 6.07) is 6.02. The molecule has 0 aliphatic heterocycles. The molecule has 1 heterocycles. The number of nitrogens with zero attached hydrogens (tertiary/aromatic N) is 2. The van der Waals surface area contributed by atoms with Gasteiger partial charge in [-0.2, -0.15) is 5.10 Å². The molecule has 1 aromatic carbocycles. The summed E-state index contributed by atoms with van der Waals surface area (Å²) >= 11 is 3.26. The van der Waals surface area contributed by atoms with Gasteiger partial charge in [0.1, 0.15) is 0 Å². The summed E-state index contributed by atoms with van der Waals surface area (Å²) in [5, 5.41) is 4.04. The van der Waals surface area contributed by atoms with E-state index in [0.29, 0.717) is 0 Å². The Morgan fingerprint density at radius 3 is 2.33 bits per heavy atom. The Bertz CT molecular complexity index is 451. The Balaban J connectivity index is 2.31. The third-order valence-electron chi connectivity index (χ3n) is 1.96. The molecule has 0 aliphatic carbocycles. The first-order valence-corrected chi connectivity index (χ1v) is 5.05. The third-order valence-corrected chi connectivity index (χ3v) is 2.37. The van der Waals surface area contributed by atoms with Crippen LogP contribution in [0, 0.1) is 0 Å². The van der Waals surface area contributed by atoms with Gasteiger partial charge in [-0.3, -0.25) is 0 Å². The van der Waals surface area contributed by atoms with Crippen LogP contribution in [0.15, 0.2) is 41.1 Å². The van der Waals surface area contributed by atoms with E-state index >= 15 is 0 Å². The minimum Gasteiger partial charge on any atom is -0.240 e. The van der Waals surface area contributed by atoms with Gasteiger partial charge in [0, 0.05) is 11.8 Å². The molecule has 2 rings (SSSR count). The van der Waals surface area contributed by atoms with E-state index in [9.17, 15) is 8.78 Å². The Morgan fingerprint density at radius 1 is 1.20 bits per heavy atom. The summed E-state index contributed by atoms with van der Waals surface area (Å²) in [5.41, 5.74) is 0.773. The minimum absolute atomic E-state index is 0.0185. The van der Waals surface area contributed by atoms with E-state index in [0.717, 1.165) is 10.2 Å². The van der Waals surface area contributed by atoms with E-state index in [-0.39, 0.29) is 5.56 Å². The van der Waals surface area contributed by atoms with Crippen molar-refractivity contribution in [2.24, 2.45) is 0 Å². The fourth-order valence-corrected chi connectivity index (χ4v) is 1.50. The Hall–Kier alpha value is -1.23. The number of rotatable bonds is 2. The van der Waals surface area contributed by atoms with Gasteiger partial charge in [-0.15, -0.1) is 0 Å². The van der Waals surface area contributed by atoms with Gasteiger partial charge in [0.15, 0.2) is 0 Å². The monoisotopic (exact) mass is 272 g/mol. The van der Waals surface area contributed by atoms with Gasteiger partial charge in [0.05, 0.1) is 16.4 Å². The van der Waals surface area contributed by atoms with E-state index in [1.807, 2.05) is 0 Å². The van der Waals surface area contributed by atoms with Crippen molar-refractivity contribution in [2.45, 2.75) is 6.43 Å². The van der Waals surface area contributed by atoms with Crippen LogP contribution in [0.1, 0.15) is 12.0 Å². The highest BCUT2D eigenvalue weighted by Gasteiger charge is 2.06. The molecule has 0 saturated carbocycles. The fourth-order valence-electron chi connectivity index (χ4n) is 1.21. The van der Waals surface area contributed by atoms with Gasteiger partial charge in [0.25, 0.3) is 6.43 Å². The van der Waals surface area contributed by atoms with E-state index in [1.165, 1.54) is 12.1 Å². The zero-order valence-electron chi connectivity index (χ0n) is 7.57. The largest absolute Gasteiger partial charge is 0.263 e. The lowest BCUT2D eigenvalue weighted by Gasteiger charge is -2.02. The molecule has 0 spiro atoms. The van der Waals surface area contributed by atoms with Crippen molar-refractivity contribution in [2.75, 3.05) is 0 Å². The number of hydrogen-bond acceptors (Lipinski definition) is 1. The summed E-state index contributed by atoms with van der Waals surface area (Å²) in [5.74, 6) is 0. The summed E-state index contributed by atoms with van der Waals surface area (Å²) in [7, 11) is 0. The molecule has 78 valence electrons. The summed E-state index contributed by atoms with van der Waals surface area (Å²) in [6.07, 6.45) is 0.974. The van der Waals surface area contributed by atoms with Gasteiger partial charge in [0.2, 0.25) is 0 Å². The van der Waals surface area contributed by atoms with Gasteiger partial charge in [-0.1, -0.05) is 12.1 Å². The maximum atomic E-state index is 12.3. The first kappa shape index (κ1) is 10.3. The lowest BCUT2D eigenvalue weighted by atomic mass is 10.2. The normalized spacial score (nSPS) is 10.9. The molecule has 1 aromatic heterocycles. The zero-order chi connectivity index (χ0) is 10.8. The smallest absolute Gasteiger partial charge is 0.240 e. The fraction of sp³-hybridized carbons (Fsp3) is 0.100. The summed E-state index contributed by atoms with van der Waals surface area (Å²) in [6.45, 7) is 0. The Morgan fingerprint density at radius 2 is 1.87 bits per heavy atom. The lowest BCUT2D eigenvalue weighted by Crippen LogP contribution is -1.94. The molecule has 0 unspecified atom stereocenters. The van der Waals surface area contributed by atoms with E-state index in [4.69, 9.17) is 0 Å². The van der Waals surface area contributed by atoms with Crippen molar-refractivity contribution in [1.82, 2.24) is 9.78 Å². The molecular formula is C10H7BrF2N2. The van der Waals surface area contributed by atoms with Crippen LogP contribution >= 0.6 is 15.9 Å². The molecule has 0 amide bonds. The van der Waals surface area contributed by atoms with Crippen LogP contribution in [0.25, 0.3) is 5.69 Å². The maximum absolute atomic E-state index is 12.3. The van der Waals surface area contributed by atoms with E-state index in [1.54, 1.807) is 29.2 Å². The quantitative estimate of drug-likeness (QED) is 0.817. The van der Waals surface area contributed by atoms with Crippen molar-refractivity contribution in [3.8, 4) is 5.69 Å². The number of aromatic nitrogens is 2. The predicted molar refractivity (Wildman–Crippen MR) is 56.2 cm³/mol. The molecular weight excluding hydrogens is 266 g/mol. The van der Waals surface area contributed by atoms with Crippen LogP contribution in [0.5, 0.6) is 0 Å². The van der Waals surface area contributed by atoms with Gasteiger partial charge in [-0.05, 0) is 28.1 Å². The second-order valence-corrected chi connectivity index (χ2v) is 3.91. The second-order valence-electron chi connectivity index (χ2n) is 3.00. The van der Waals surface area contributed by atoms with Crippen molar-refractivity contribution in [1.29, 1.82) is 0 Å². The summed E-state index contributed by atoms with van der Waals surface area (Å²) < 4.78 is 27.0. The molecule has 2 nitrogen and oxygen atoms in total. The first-order valence-electron chi connectivity index (χ1n) is 4.25. The van der Waals surface area contributed by atoms with E-state index < -0.39 is 6.43 Å². The molecule has 5 heteroatoms. The lowest BCUT2D eigenvalue weighted by molar-refractivity contribution is 0.151. The average Bonchev–Trinajstić information content (AvgIpc) is 2.65. The predicted octanol–water partition coefficient (Wildman–Crippen LogP) is 3.57. The molecule has 0 fully saturated rings. The third kappa shape index (κ3) is 2.23. The van der Waals surface area contributed by atoms with Crippen LogP contribution in [0.3, 0.4) is 0 Å². The van der Waals surface area contributed by atoms with Crippen molar-refractivity contribution in [3.05, 3.63) is 46.7 Å². The maximum Gasteiger partial charge on any atom is 0.263 e. The van der Waals surface area contributed by atoms with Crippen molar-refractivity contribution < 1.29 is 8.78 Å². The molecule has 0 aliphatic rings. The molecule has 0 atom stereocenters. The molecule has 0 saturated heterocycles. The van der Waals surface area contributed by atoms with Gasteiger partial charge >= 0.3 is 0 Å². The van der Waals surface area contributed by atoms with Gasteiger partial charge < -0.3 is 0 Å². The van der Waals surface area contributed by atoms with Crippen LogP contribution in [0.4, 0.5) is 8.78 Å². The standard InChI is InChI=1S/C10H7BrF2N2/c11-8-5-14-15(6-8)9-3-1-7(2-4-9)10(12)13/h1-6,10H.